The molecular formula is C23H24FN3O3. The number of fused-ring (bicyclic) bond motifs is 1. The molecule has 7 heteroatoms. The first kappa shape index (κ1) is 19.9. The van der Waals surface area contributed by atoms with Gasteiger partial charge in [0.05, 0.1) is 12.5 Å². The maximum atomic E-state index is 13.6. The van der Waals surface area contributed by atoms with Gasteiger partial charge < -0.3 is 18.8 Å². The summed E-state index contributed by atoms with van der Waals surface area (Å²) in [7, 11) is 0. The van der Waals surface area contributed by atoms with Crippen molar-refractivity contribution in [2.45, 2.75) is 32.5 Å². The van der Waals surface area contributed by atoms with E-state index in [4.69, 9.17) is 4.42 Å². The lowest BCUT2D eigenvalue weighted by molar-refractivity contribution is -0.135. The van der Waals surface area contributed by atoms with E-state index in [0.717, 1.165) is 11.3 Å². The largest absolute Gasteiger partial charge is 0.472 e. The molecule has 2 aromatic heterocycles. The Balaban J connectivity index is 1.60. The summed E-state index contributed by atoms with van der Waals surface area (Å²) in [6.07, 6.45) is 5.23. The van der Waals surface area contributed by atoms with Crippen molar-refractivity contribution < 1.29 is 18.4 Å². The maximum absolute atomic E-state index is 13.6. The van der Waals surface area contributed by atoms with Gasteiger partial charge in [0.15, 0.2) is 0 Å². The van der Waals surface area contributed by atoms with Gasteiger partial charge in [-0.05, 0) is 50.2 Å². The van der Waals surface area contributed by atoms with Crippen LogP contribution in [0.25, 0.3) is 0 Å². The highest BCUT2D eigenvalue weighted by atomic mass is 19.1. The number of amides is 2. The molecule has 0 unspecified atom stereocenters. The molecule has 0 aliphatic carbocycles. The predicted molar refractivity (Wildman–Crippen MR) is 109 cm³/mol. The van der Waals surface area contributed by atoms with Gasteiger partial charge in [-0.3, -0.25) is 9.59 Å². The summed E-state index contributed by atoms with van der Waals surface area (Å²) in [4.78, 5) is 29.6. The normalized spacial score (nSPS) is 15.9. The molecule has 1 aliphatic heterocycles. The lowest BCUT2D eigenvalue weighted by atomic mass is 10.0. The second-order valence-corrected chi connectivity index (χ2v) is 7.71. The van der Waals surface area contributed by atoms with Crippen molar-refractivity contribution in [1.82, 2.24) is 14.4 Å². The van der Waals surface area contributed by atoms with Crippen LogP contribution >= 0.6 is 0 Å². The van der Waals surface area contributed by atoms with Crippen LogP contribution in [0.5, 0.6) is 0 Å². The van der Waals surface area contributed by atoms with E-state index in [0.29, 0.717) is 13.1 Å². The van der Waals surface area contributed by atoms with E-state index in [1.165, 1.54) is 23.1 Å². The molecule has 0 saturated heterocycles. The van der Waals surface area contributed by atoms with E-state index in [-0.39, 0.29) is 36.0 Å². The first-order valence-corrected chi connectivity index (χ1v) is 9.99. The molecule has 0 radical (unpaired) electrons. The Morgan fingerprint density at radius 3 is 2.73 bits per heavy atom. The molecule has 0 spiro atoms. The maximum Gasteiger partial charge on any atom is 0.254 e. The zero-order chi connectivity index (χ0) is 21.3. The molecule has 0 saturated carbocycles. The zero-order valence-corrected chi connectivity index (χ0v) is 17.0. The van der Waals surface area contributed by atoms with Crippen molar-refractivity contribution in [3.63, 3.8) is 0 Å². The van der Waals surface area contributed by atoms with Crippen LogP contribution in [0.3, 0.4) is 0 Å². The molecule has 0 N–H and O–H groups in total. The number of nitrogens with zero attached hydrogens (tertiary/aromatic N) is 3. The second-order valence-electron chi connectivity index (χ2n) is 7.71. The van der Waals surface area contributed by atoms with E-state index >= 15 is 0 Å². The molecule has 3 heterocycles. The minimum Gasteiger partial charge on any atom is -0.472 e. The molecule has 4 rings (SSSR count). The minimum atomic E-state index is -0.479. The number of furan rings is 1. The lowest BCUT2D eigenvalue weighted by Gasteiger charge is -2.38. The molecule has 6 nitrogen and oxygen atoms in total. The quantitative estimate of drug-likeness (QED) is 0.646. The number of aromatic nitrogens is 1. The Kier molecular flexibility index (Phi) is 5.44. The number of hydrogen-bond acceptors (Lipinski definition) is 3. The van der Waals surface area contributed by atoms with Crippen LogP contribution in [-0.2, 0) is 11.3 Å². The smallest absolute Gasteiger partial charge is 0.254 e. The number of carbonyl (C=O) groups is 2. The van der Waals surface area contributed by atoms with Crippen molar-refractivity contribution in [3.8, 4) is 0 Å². The monoisotopic (exact) mass is 409 g/mol. The molecule has 2 amide bonds. The number of rotatable bonds is 5. The Labute approximate surface area is 174 Å². The minimum absolute atomic E-state index is 0.0813. The summed E-state index contributed by atoms with van der Waals surface area (Å²) in [6.45, 7) is 4.82. The zero-order valence-electron chi connectivity index (χ0n) is 17.0. The summed E-state index contributed by atoms with van der Waals surface area (Å²) in [6, 6.07) is 10.9. The van der Waals surface area contributed by atoms with E-state index in [2.05, 4.69) is 4.57 Å². The SMILES string of the molecule is CC(C)N(CC(=O)N1CCn2cccc2[C@@H]1c1ccoc1)C(=O)c1cccc(F)c1. The highest BCUT2D eigenvalue weighted by Gasteiger charge is 2.34. The number of carbonyl (C=O) groups excluding carboxylic acids is 2. The molecule has 1 atom stereocenters. The Bertz CT molecular complexity index is 1040. The van der Waals surface area contributed by atoms with Crippen LogP contribution in [0, 0.1) is 5.82 Å². The third-order valence-electron chi connectivity index (χ3n) is 5.48. The molecule has 3 aromatic rings. The Hall–Kier alpha value is -3.35. The van der Waals surface area contributed by atoms with Crippen molar-refractivity contribution in [2.75, 3.05) is 13.1 Å². The average molecular weight is 409 g/mol. The predicted octanol–water partition coefficient (Wildman–Crippen LogP) is 3.70. The first-order valence-electron chi connectivity index (χ1n) is 9.99. The van der Waals surface area contributed by atoms with Gasteiger partial charge in [0.2, 0.25) is 5.91 Å². The highest BCUT2D eigenvalue weighted by molar-refractivity contribution is 5.96. The topological polar surface area (TPSA) is 58.7 Å². The molecule has 0 fully saturated rings. The van der Waals surface area contributed by atoms with E-state index in [9.17, 15) is 14.0 Å². The highest BCUT2D eigenvalue weighted by Crippen LogP contribution is 2.33. The standard InChI is InChI=1S/C23H24FN3O3/c1-16(2)27(23(29)17-5-3-6-19(24)13-17)14-21(28)26-11-10-25-9-4-7-20(25)22(26)18-8-12-30-15-18/h3-9,12-13,15-16,22H,10-11,14H2,1-2H3/t22-/m0/s1. The van der Waals surface area contributed by atoms with Crippen molar-refractivity contribution in [2.24, 2.45) is 0 Å². The van der Waals surface area contributed by atoms with Gasteiger partial charge in [0.1, 0.15) is 18.4 Å². The van der Waals surface area contributed by atoms with Crippen LogP contribution in [0.1, 0.15) is 41.5 Å². The van der Waals surface area contributed by atoms with Crippen molar-refractivity contribution >= 4 is 11.8 Å². The van der Waals surface area contributed by atoms with Crippen LogP contribution in [-0.4, -0.2) is 45.3 Å². The van der Waals surface area contributed by atoms with Gasteiger partial charge in [-0.15, -0.1) is 0 Å². The van der Waals surface area contributed by atoms with Gasteiger partial charge in [-0.25, -0.2) is 4.39 Å². The first-order chi connectivity index (χ1) is 14.5. The number of halogens is 1. The Morgan fingerprint density at radius 2 is 2.03 bits per heavy atom. The lowest BCUT2D eigenvalue weighted by Crippen LogP contribution is -2.49. The number of hydrogen-bond donors (Lipinski definition) is 0. The molecular weight excluding hydrogens is 385 g/mol. The number of benzene rings is 1. The van der Waals surface area contributed by atoms with Crippen LogP contribution in [0.15, 0.2) is 65.6 Å². The molecule has 1 aliphatic rings. The fraction of sp³-hybridized carbons (Fsp3) is 0.304. The van der Waals surface area contributed by atoms with Gasteiger partial charge in [-0.1, -0.05) is 6.07 Å². The van der Waals surface area contributed by atoms with Crippen LogP contribution in [0.2, 0.25) is 0 Å². The summed E-state index contributed by atoms with van der Waals surface area (Å²) in [5, 5.41) is 0. The van der Waals surface area contributed by atoms with Crippen LogP contribution < -0.4 is 0 Å². The van der Waals surface area contributed by atoms with E-state index in [1.54, 1.807) is 23.5 Å². The molecule has 0 bridgehead atoms. The third kappa shape index (κ3) is 3.75. The van der Waals surface area contributed by atoms with Gasteiger partial charge in [-0.2, -0.15) is 0 Å². The molecule has 30 heavy (non-hydrogen) atoms. The fourth-order valence-electron chi connectivity index (χ4n) is 3.95. The molecule has 156 valence electrons. The summed E-state index contributed by atoms with van der Waals surface area (Å²) in [5.41, 5.74) is 2.12. The van der Waals surface area contributed by atoms with Crippen molar-refractivity contribution in [3.05, 3.63) is 83.8 Å². The van der Waals surface area contributed by atoms with Gasteiger partial charge in [0, 0.05) is 42.1 Å². The Morgan fingerprint density at radius 1 is 1.20 bits per heavy atom. The fourth-order valence-corrected chi connectivity index (χ4v) is 3.95. The van der Waals surface area contributed by atoms with Gasteiger partial charge in [0.25, 0.3) is 5.91 Å². The van der Waals surface area contributed by atoms with Crippen molar-refractivity contribution in [1.29, 1.82) is 0 Å². The second kappa shape index (κ2) is 8.18. The van der Waals surface area contributed by atoms with E-state index < -0.39 is 5.82 Å². The summed E-state index contributed by atoms with van der Waals surface area (Å²) >= 11 is 0. The third-order valence-corrected chi connectivity index (χ3v) is 5.48. The van der Waals surface area contributed by atoms with Gasteiger partial charge >= 0.3 is 0 Å². The van der Waals surface area contributed by atoms with E-state index in [1.807, 2.05) is 38.2 Å². The summed E-state index contributed by atoms with van der Waals surface area (Å²) in [5.74, 6) is -1.00. The average Bonchev–Trinajstić information content (AvgIpc) is 3.42. The summed E-state index contributed by atoms with van der Waals surface area (Å²) < 4.78 is 21.0. The van der Waals surface area contributed by atoms with Crippen LogP contribution in [0.4, 0.5) is 4.39 Å². The molecule has 1 aromatic carbocycles.